The number of anilines is 2. The summed E-state index contributed by atoms with van der Waals surface area (Å²) in [5.41, 5.74) is 1.59. The zero-order valence-corrected chi connectivity index (χ0v) is 21.4. The van der Waals surface area contributed by atoms with Gasteiger partial charge in [-0.2, -0.15) is 0 Å². The van der Waals surface area contributed by atoms with Gasteiger partial charge in [0.05, 0.1) is 28.0 Å². The molecule has 1 heterocycles. The molecule has 0 aromatic heterocycles. The number of thiocarbonyl (C=S) groups is 1. The average Bonchev–Trinajstić information content (AvgIpc) is 2.84. The van der Waals surface area contributed by atoms with Crippen LogP contribution in [0.5, 0.6) is 5.75 Å². The van der Waals surface area contributed by atoms with Crippen molar-refractivity contribution in [3.05, 3.63) is 94.0 Å². The number of rotatable bonds is 6. The highest BCUT2D eigenvalue weighted by Gasteiger charge is 2.41. The fourth-order valence-corrected chi connectivity index (χ4v) is 4.14. The third-order valence-corrected chi connectivity index (χ3v) is 6.30. The smallest absolute Gasteiger partial charge is 0.270 e. The molecule has 8 heteroatoms. The van der Waals surface area contributed by atoms with E-state index >= 15 is 0 Å². The predicted octanol–water partition coefficient (Wildman–Crippen LogP) is 6.78. The van der Waals surface area contributed by atoms with Crippen LogP contribution in [0, 0.1) is 5.92 Å². The van der Waals surface area contributed by atoms with Gasteiger partial charge in [0, 0.05) is 0 Å². The third kappa shape index (κ3) is 5.40. The minimum Gasteiger partial charge on any atom is -0.493 e. The molecular weight excluding hydrogens is 503 g/mol. The first kappa shape index (κ1) is 24.9. The summed E-state index contributed by atoms with van der Waals surface area (Å²) in [7, 11) is 0. The molecule has 4 rings (SSSR count). The van der Waals surface area contributed by atoms with Crippen molar-refractivity contribution in [3.63, 3.8) is 0 Å². The van der Waals surface area contributed by atoms with Crippen LogP contribution in [0.25, 0.3) is 6.08 Å². The van der Waals surface area contributed by atoms with E-state index in [1.54, 1.807) is 60.7 Å². The molecule has 0 aliphatic carbocycles. The highest BCUT2D eigenvalue weighted by molar-refractivity contribution is 7.81. The van der Waals surface area contributed by atoms with Crippen LogP contribution in [0.15, 0.2) is 78.4 Å². The summed E-state index contributed by atoms with van der Waals surface area (Å²) >= 11 is 17.9. The Kier molecular flexibility index (Phi) is 7.55. The molecule has 1 aliphatic heterocycles. The monoisotopic (exact) mass is 524 g/mol. The van der Waals surface area contributed by atoms with Gasteiger partial charge in [-0.3, -0.25) is 19.4 Å². The Balaban J connectivity index is 1.76. The van der Waals surface area contributed by atoms with E-state index in [9.17, 15) is 9.59 Å². The Bertz CT molecular complexity index is 1310. The van der Waals surface area contributed by atoms with E-state index in [-0.39, 0.29) is 15.7 Å². The zero-order valence-electron chi connectivity index (χ0n) is 19.1. The van der Waals surface area contributed by atoms with Crippen LogP contribution >= 0.6 is 35.4 Å². The van der Waals surface area contributed by atoms with Gasteiger partial charge in [-0.1, -0.05) is 67.4 Å². The van der Waals surface area contributed by atoms with Crippen LogP contribution < -0.4 is 14.5 Å². The average molecular weight is 525 g/mol. The summed E-state index contributed by atoms with van der Waals surface area (Å²) in [6.45, 7) is 4.74. The maximum absolute atomic E-state index is 13.6. The molecule has 1 aliphatic rings. The molecule has 0 radical (unpaired) electrons. The second-order valence-corrected chi connectivity index (χ2v) is 9.51. The molecule has 3 aromatic rings. The first-order chi connectivity index (χ1) is 16.8. The van der Waals surface area contributed by atoms with Crippen molar-refractivity contribution >= 4 is 69.8 Å². The number of benzene rings is 3. The lowest BCUT2D eigenvalue weighted by molar-refractivity contribution is -0.120. The van der Waals surface area contributed by atoms with Gasteiger partial charge in [-0.25, -0.2) is 0 Å². The van der Waals surface area contributed by atoms with Gasteiger partial charge in [0.2, 0.25) is 0 Å². The van der Waals surface area contributed by atoms with E-state index in [4.69, 9.17) is 40.2 Å². The van der Waals surface area contributed by atoms with Crippen molar-refractivity contribution in [1.29, 1.82) is 0 Å². The van der Waals surface area contributed by atoms with Crippen LogP contribution in [-0.4, -0.2) is 23.5 Å². The Morgan fingerprint density at radius 3 is 2.09 bits per heavy atom. The first-order valence-electron chi connectivity index (χ1n) is 10.9. The standard InChI is InChI=1S/C27H22Cl2N2O3S/c1-17(2)16-34-21-11-8-18(9-12-21)14-22-25(32)30(19-6-4-3-5-7-19)27(35)31(26(22)33)20-10-13-23(28)24(29)15-20/h3-15,17H,16H2,1-2H3/b22-14+. The molecule has 3 aromatic carbocycles. The molecule has 0 unspecified atom stereocenters. The molecule has 5 nitrogen and oxygen atoms in total. The largest absolute Gasteiger partial charge is 0.493 e. The Morgan fingerprint density at radius 2 is 1.49 bits per heavy atom. The fourth-order valence-electron chi connectivity index (χ4n) is 3.48. The van der Waals surface area contributed by atoms with Crippen molar-refractivity contribution in [1.82, 2.24) is 0 Å². The van der Waals surface area contributed by atoms with E-state index in [0.717, 1.165) is 0 Å². The zero-order chi connectivity index (χ0) is 25.1. The van der Waals surface area contributed by atoms with Crippen molar-refractivity contribution < 1.29 is 14.3 Å². The lowest BCUT2D eigenvalue weighted by Gasteiger charge is -2.36. The summed E-state index contributed by atoms with van der Waals surface area (Å²) < 4.78 is 5.73. The van der Waals surface area contributed by atoms with E-state index in [0.29, 0.717) is 40.2 Å². The number of hydrogen-bond donors (Lipinski definition) is 0. The topological polar surface area (TPSA) is 49.9 Å². The normalized spacial score (nSPS) is 15.3. The molecule has 0 N–H and O–H groups in total. The lowest BCUT2D eigenvalue weighted by atomic mass is 10.0. The number of halogens is 2. The molecular formula is C27H22Cl2N2O3S. The number of carbonyl (C=O) groups excluding carboxylic acids is 2. The molecule has 1 saturated heterocycles. The SMILES string of the molecule is CC(C)COc1ccc(/C=C2\C(=O)N(c3ccccc3)C(=S)N(c3ccc(Cl)c(Cl)c3)C2=O)cc1. The quantitative estimate of drug-likeness (QED) is 0.202. The summed E-state index contributed by atoms with van der Waals surface area (Å²) in [5, 5.41) is 0.641. The van der Waals surface area contributed by atoms with E-state index in [1.807, 2.05) is 18.2 Å². The Morgan fingerprint density at radius 1 is 0.857 bits per heavy atom. The van der Waals surface area contributed by atoms with Crippen molar-refractivity contribution in [2.45, 2.75) is 13.8 Å². The van der Waals surface area contributed by atoms with E-state index in [1.165, 1.54) is 9.80 Å². The first-order valence-corrected chi connectivity index (χ1v) is 12.1. The second-order valence-electron chi connectivity index (χ2n) is 8.33. The fraction of sp³-hybridized carbons (Fsp3) is 0.148. The Labute approximate surface area is 219 Å². The number of amides is 2. The highest BCUT2D eigenvalue weighted by Crippen LogP contribution is 2.33. The van der Waals surface area contributed by atoms with Crippen LogP contribution in [-0.2, 0) is 9.59 Å². The third-order valence-electron chi connectivity index (χ3n) is 5.20. The Hall–Kier alpha value is -3.19. The van der Waals surface area contributed by atoms with Gasteiger partial charge in [0.25, 0.3) is 11.8 Å². The predicted molar refractivity (Wildman–Crippen MR) is 145 cm³/mol. The van der Waals surface area contributed by atoms with Crippen molar-refractivity contribution in [3.8, 4) is 5.75 Å². The maximum atomic E-state index is 13.6. The van der Waals surface area contributed by atoms with Crippen molar-refractivity contribution in [2.24, 2.45) is 5.92 Å². The maximum Gasteiger partial charge on any atom is 0.270 e. The van der Waals surface area contributed by atoms with Crippen LogP contribution in [0.4, 0.5) is 11.4 Å². The van der Waals surface area contributed by atoms with E-state index < -0.39 is 11.8 Å². The molecule has 0 bridgehead atoms. The van der Waals surface area contributed by atoms with E-state index in [2.05, 4.69) is 13.8 Å². The molecule has 1 fully saturated rings. The van der Waals surface area contributed by atoms with Gasteiger partial charge in [-0.15, -0.1) is 0 Å². The molecule has 0 atom stereocenters. The number of ether oxygens (including phenoxy) is 1. The summed E-state index contributed by atoms with van der Waals surface area (Å²) in [6, 6.07) is 20.9. The number of para-hydroxylation sites is 1. The number of nitrogens with zero attached hydrogens (tertiary/aromatic N) is 2. The highest BCUT2D eigenvalue weighted by atomic mass is 35.5. The van der Waals surface area contributed by atoms with Gasteiger partial charge in [0.15, 0.2) is 5.11 Å². The van der Waals surface area contributed by atoms with Gasteiger partial charge >= 0.3 is 0 Å². The van der Waals surface area contributed by atoms with Gasteiger partial charge in [-0.05, 0) is 72.2 Å². The summed E-state index contributed by atoms with van der Waals surface area (Å²) in [6.07, 6.45) is 1.55. The lowest BCUT2D eigenvalue weighted by Crippen LogP contribution is -2.56. The summed E-state index contributed by atoms with van der Waals surface area (Å²) in [5.74, 6) is 0.0504. The van der Waals surface area contributed by atoms with Gasteiger partial charge < -0.3 is 4.74 Å². The number of carbonyl (C=O) groups is 2. The van der Waals surface area contributed by atoms with Crippen LogP contribution in [0.1, 0.15) is 19.4 Å². The molecule has 0 spiro atoms. The molecule has 35 heavy (non-hydrogen) atoms. The minimum atomic E-state index is -0.550. The molecule has 2 amide bonds. The second kappa shape index (κ2) is 10.6. The van der Waals surface area contributed by atoms with Crippen molar-refractivity contribution in [2.75, 3.05) is 16.4 Å². The molecule has 178 valence electrons. The summed E-state index contributed by atoms with van der Waals surface area (Å²) in [4.78, 5) is 29.8. The minimum absolute atomic E-state index is 0.0270. The number of hydrogen-bond acceptors (Lipinski definition) is 4. The van der Waals surface area contributed by atoms with Crippen LogP contribution in [0.2, 0.25) is 10.0 Å². The van der Waals surface area contributed by atoms with Gasteiger partial charge in [0.1, 0.15) is 11.3 Å². The molecule has 0 saturated carbocycles. The van der Waals surface area contributed by atoms with Crippen LogP contribution in [0.3, 0.4) is 0 Å².